The van der Waals surface area contributed by atoms with Crippen LogP contribution in [0.1, 0.15) is 23.7 Å². The Hall–Kier alpha value is -2.66. The SMILES string of the molecule is CO[C@H](CNC(=O)[C@H]1CC(=O)N(c2ccccc2)C1)c1ccccc1C. The molecule has 0 aromatic heterocycles. The summed E-state index contributed by atoms with van der Waals surface area (Å²) in [6.45, 7) is 2.82. The maximum atomic E-state index is 12.6. The molecular formula is C21H24N2O3. The highest BCUT2D eigenvalue weighted by Crippen LogP contribution is 2.25. The van der Waals surface area contributed by atoms with Crippen LogP contribution in [0.5, 0.6) is 0 Å². The molecule has 2 aromatic carbocycles. The van der Waals surface area contributed by atoms with Gasteiger partial charge in [0.2, 0.25) is 11.8 Å². The quantitative estimate of drug-likeness (QED) is 0.870. The van der Waals surface area contributed by atoms with Crippen LogP contribution < -0.4 is 10.2 Å². The molecule has 0 saturated carbocycles. The normalized spacial score (nSPS) is 18.0. The molecule has 0 bridgehead atoms. The second-order valence-corrected chi connectivity index (χ2v) is 6.57. The monoisotopic (exact) mass is 352 g/mol. The molecule has 26 heavy (non-hydrogen) atoms. The van der Waals surface area contributed by atoms with Crippen molar-refractivity contribution in [1.82, 2.24) is 5.32 Å². The zero-order valence-electron chi connectivity index (χ0n) is 15.1. The molecule has 1 heterocycles. The second kappa shape index (κ2) is 8.15. The minimum absolute atomic E-state index is 0.0152. The average Bonchev–Trinajstić information content (AvgIpc) is 3.06. The van der Waals surface area contributed by atoms with Gasteiger partial charge in [0.1, 0.15) is 0 Å². The Balaban J connectivity index is 1.60. The molecule has 0 spiro atoms. The number of nitrogens with one attached hydrogen (secondary N) is 1. The summed E-state index contributed by atoms with van der Waals surface area (Å²) in [5.74, 6) is -0.456. The van der Waals surface area contributed by atoms with Gasteiger partial charge in [0.25, 0.3) is 0 Å². The van der Waals surface area contributed by atoms with E-state index in [1.807, 2.05) is 61.5 Å². The van der Waals surface area contributed by atoms with E-state index in [1.54, 1.807) is 12.0 Å². The first-order valence-electron chi connectivity index (χ1n) is 8.81. The molecule has 1 fully saturated rings. The third-order valence-electron chi connectivity index (χ3n) is 4.85. The molecule has 1 saturated heterocycles. The number of carbonyl (C=O) groups is 2. The zero-order valence-corrected chi connectivity index (χ0v) is 15.1. The average molecular weight is 352 g/mol. The summed E-state index contributed by atoms with van der Waals surface area (Å²) < 4.78 is 5.55. The lowest BCUT2D eigenvalue weighted by Crippen LogP contribution is -2.35. The first-order valence-corrected chi connectivity index (χ1v) is 8.81. The minimum atomic E-state index is -0.336. The fraction of sp³-hybridized carbons (Fsp3) is 0.333. The van der Waals surface area contributed by atoms with Gasteiger partial charge in [0.05, 0.1) is 12.0 Å². The number of rotatable bonds is 6. The molecule has 1 N–H and O–H groups in total. The van der Waals surface area contributed by atoms with Gasteiger partial charge in [-0.05, 0) is 30.2 Å². The third-order valence-corrected chi connectivity index (χ3v) is 4.85. The minimum Gasteiger partial charge on any atom is -0.375 e. The molecule has 2 aromatic rings. The van der Waals surface area contributed by atoms with Crippen molar-refractivity contribution in [3.8, 4) is 0 Å². The maximum absolute atomic E-state index is 12.6. The number of nitrogens with zero attached hydrogens (tertiary/aromatic N) is 1. The molecule has 0 unspecified atom stereocenters. The van der Waals surface area contributed by atoms with Gasteiger partial charge in [0.15, 0.2) is 0 Å². The van der Waals surface area contributed by atoms with Crippen molar-refractivity contribution in [2.45, 2.75) is 19.4 Å². The molecule has 2 atom stereocenters. The first-order chi connectivity index (χ1) is 12.6. The Labute approximate surface area is 154 Å². The summed E-state index contributed by atoms with van der Waals surface area (Å²) in [5.41, 5.74) is 3.02. The molecule has 1 aliphatic heterocycles. The number of hydrogen-bond donors (Lipinski definition) is 1. The molecule has 5 nitrogen and oxygen atoms in total. The van der Waals surface area contributed by atoms with Crippen LogP contribution >= 0.6 is 0 Å². The Morgan fingerprint density at radius 1 is 1.19 bits per heavy atom. The van der Waals surface area contributed by atoms with Gasteiger partial charge in [0, 0.05) is 32.3 Å². The predicted octanol–water partition coefficient (Wildman–Crippen LogP) is 2.85. The van der Waals surface area contributed by atoms with Crippen molar-refractivity contribution in [3.05, 3.63) is 65.7 Å². The van der Waals surface area contributed by atoms with Crippen LogP contribution in [-0.4, -0.2) is 32.0 Å². The van der Waals surface area contributed by atoms with Crippen molar-refractivity contribution >= 4 is 17.5 Å². The van der Waals surface area contributed by atoms with Crippen LogP contribution in [0, 0.1) is 12.8 Å². The van der Waals surface area contributed by atoms with Gasteiger partial charge in [-0.1, -0.05) is 42.5 Å². The van der Waals surface area contributed by atoms with E-state index < -0.39 is 0 Å². The number of aryl methyl sites for hydroxylation is 1. The van der Waals surface area contributed by atoms with Crippen LogP contribution in [0.25, 0.3) is 0 Å². The van der Waals surface area contributed by atoms with Crippen LogP contribution in [-0.2, 0) is 14.3 Å². The number of methoxy groups -OCH3 is 1. The highest BCUT2D eigenvalue weighted by Gasteiger charge is 2.35. The summed E-state index contributed by atoms with van der Waals surface area (Å²) >= 11 is 0. The Bertz CT molecular complexity index is 776. The summed E-state index contributed by atoms with van der Waals surface area (Å²) in [4.78, 5) is 26.5. The summed E-state index contributed by atoms with van der Waals surface area (Å²) in [7, 11) is 1.64. The lowest BCUT2D eigenvalue weighted by Gasteiger charge is -2.20. The van der Waals surface area contributed by atoms with Crippen molar-refractivity contribution in [3.63, 3.8) is 0 Å². The molecule has 136 valence electrons. The van der Waals surface area contributed by atoms with Gasteiger partial charge in [-0.3, -0.25) is 9.59 Å². The summed E-state index contributed by atoms with van der Waals surface area (Å²) in [6.07, 6.45) is 0.0328. The highest BCUT2D eigenvalue weighted by atomic mass is 16.5. The topological polar surface area (TPSA) is 58.6 Å². The number of ether oxygens (including phenoxy) is 1. The molecule has 1 aliphatic rings. The Morgan fingerprint density at radius 2 is 1.88 bits per heavy atom. The predicted molar refractivity (Wildman–Crippen MR) is 101 cm³/mol. The summed E-state index contributed by atoms with van der Waals surface area (Å²) in [5, 5.41) is 2.95. The molecule has 2 amide bonds. The molecule has 3 rings (SSSR count). The fourth-order valence-electron chi connectivity index (χ4n) is 3.35. The van der Waals surface area contributed by atoms with E-state index in [0.717, 1.165) is 16.8 Å². The zero-order chi connectivity index (χ0) is 18.5. The van der Waals surface area contributed by atoms with Gasteiger partial charge < -0.3 is 15.0 Å². The maximum Gasteiger partial charge on any atom is 0.227 e. The smallest absolute Gasteiger partial charge is 0.227 e. The van der Waals surface area contributed by atoms with Crippen LogP contribution in [0.4, 0.5) is 5.69 Å². The van der Waals surface area contributed by atoms with E-state index in [-0.39, 0.29) is 30.3 Å². The molecular weight excluding hydrogens is 328 g/mol. The lowest BCUT2D eigenvalue weighted by atomic mass is 10.0. The Morgan fingerprint density at radius 3 is 2.58 bits per heavy atom. The van der Waals surface area contributed by atoms with Gasteiger partial charge >= 0.3 is 0 Å². The number of carbonyl (C=O) groups excluding carboxylic acids is 2. The van der Waals surface area contributed by atoms with Crippen molar-refractivity contribution in [2.75, 3.05) is 25.1 Å². The largest absolute Gasteiger partial charge is 0.375 e. The van der Waals surface area contributed by atoms with E-state index in [4.69, 9.17) is 4.74 Å². The van der Waals surface area contributed by atoms with Crippen LogP contribution in [0.2, 0.25) is 0 Å². The van der Waals surface area contributed by atoms with E-state index in [1.165, 1.54) is 0 Å². The van der Waals surface area contributed by atoms with Gasteiger partial charge in [-0.2, -0.15) is 0 Å². The van der Waals surface area contributed by atoms with Crippen molar-refractivity contribution < 1.29 is 14.3 Å². The van der Waals surface area contributed by atoms with Gasteiger partial charge in [-0.15, -0.1) is 0 Å². The molecule has 5 heteroatoms. The van der Waals surface area contributed by atoms with Crippen LogP contribution in [0.3, 0.4) is 0 Å². The van der Waals surface area contributed by atoms with E-state index in [9.17, 15) is 9.59 Å². The fourth-order valence-corrected chi connectivity index (χ4v) is 3.35. The number of hydrogen-bond acceptors (Lipinski definition) is 3. The standard InChI is InChI=1S/C21H24N2O3/c1-15-8-6-7-11-18(15)19(26-2)13-22-21(25)16-12-20(24)23(14-16)17-9-4-3-5-10-17/h3-11,16,19H,12-14H2,1-2H3,(H,22,25)/t16-,19+/m0/s1. The number of anilines is 1. The van der Waals surface area contributed by atoms with E-state index >= 15 is 0 Å². The number of para-hydroxylation sites is 1. The molecule has 0 radical (unpaired) electrons. The van der Waals surface area contributed by atoms with Crippen molar-refractivity contribution in [2.24, 2.45) is 5.92 Å². The van der Waals surface area contributed by atoms with Crippen LogP contribution in [0.15, 0.2) is 54.6 Å². The molecule has 0 aliphatic carbocycles. The van der Waals surface area contributed by atoms with E-state index in [2.05, 4.69) is 5.32 Å². The second-order valence-electron chi connectivity index (χ2n) is 6.57. The number of benzene rings is 2. The Kier molecular flexibility index (Phi) is 5.68. The first kappa shape index (κ1) is 18.1. The third kappa shape index (κ3) is 3.94. The number of amides is 2. The highest BCUT2D eigenvalue weighted by molar-refractivity contribution is 6.00. The summed E-state index contributed by atoms with van der Waals surface area (Å²) in [6, 6.07) is 17.4. The lowest BCUT2D eigenvalue weighted by molar-refractivity contribution is -0.126. The van der Waals surface area contributed by atoms with E-state index in [0.29, 0.717) is 13.1 Å². The van der Waals surface area contributed by atoms with Crippen molar-refractivity contribution in [1.29, 1.82) is 0 Å². The van der Waals surface area contributed by atoms with Gasteiger partial charge in [-0.25, -0.2) is 0 Å².